The number of hydrazine groups is 1. The summed E-state index contributed by atoms with van der Waals surface area (Å²) < 4.78 is 40.7. The summed E-state index contributed by atoms with van der Waals surface area (Å²) in [5, 5.41) is 14.2. The van der Waals surface area contributed by atoms with Crippen molar-refractivity contribution in [2.24, 2.45) is 16.7 Å². The van der Waals surface area contributed by atoms with Crippen LogP contribution in [0.15, 0.2) is 35.7 Å². The lowest BCUT2D eigenvalue weighted by Crippen LogP contribution is -2.34. The zero-order valence-corrected chi connectivity index (χ0v) is 17.5. The summed E-state index contributed by atoms with van der Waals surface area (Å²) in [4.78, 5) is 19.8. The smallest absolute Gasteiger partial charge is 0.386 e. The molecule has 0 saturated carbocycles. The van der Waals surface area contributed by atoms with E-state index in [1.54, 1.807) is 19.1 Å². The topological polar surface area (TPSA) is 178 Å². The molecule has 0 aliphatic heterocycles. The molecule has 33 heavy (non-hydrogen) atoms. The highest BCUT2D eigenvalue weighted by atomic mass is 19.4. The van der Waals surface area contributed by atoms with Gasteiger partial charge in [-0.3, -0.25) is 5.32 Å². The van der Waals surface area contributed by atoms with E-state index in [-0.39, 0.29) is 30.3 Å². The number of fused-ring (bicyclic) bond motifs is 1. The predicted molar refractivity (Wildman–Crippen MR) is 115 cm³/mol. The third kappa shape index (κ3) is 5.97. The van der Waals surface area contributed by atoms with Crippen molar-refractivity contribution in [2.75, 3.05) is 24.1 Å². The number of carbonyl (C=O) groups is 1. The zero-order chi connectivity index (χ0) is 24.2. The number of nitrogens with one attached hydrogen (secondary N) is 2. The van der Waals surface area contributed by atoms with Crippen molar-refractivity contribution in [2.45, 2.75) is 19.5 Å². The monoisotopic (exact) mass is 465 g/mol. The molecule has 0 fully saturated rings. The van der Waals surface area contributed by atoms with Gasteiger partial charge in [-0.2, -0.15) is 18.2 Å². The van der Waals surface area contributed by atoms with Crippen molar-refractivity contribution < 1.29 is 18.0 Å². The highest BCUT2D eigenvalue weighted by Crippen LogP contribution is 2.35. The minimum Gasteiger partial charge on any atom is -0.386 e. The quantitative estimate of drug-likeness (QED) is 0.150. The van der Waals surface area contributed by atoms with Gasteiger partial charge in [0, 0.05) is 36.5 Å². The van der Waals surface area contributed by atoms with Crippen molar-refractivity contribution in [3.63, 3.8) is 0 Å². The summed E-state index contributed by atoms with van der Waals surface area (Å²) in [6, 6.07) is 3.43. The van der Waals surface area contributed by atoms with Crippen LogP contribution in [0.3, 0.4) is 0 Å². The van der Waals surface area contributed by atoms with Crippen LogP contribution in [0, 0.1) is 0 Å². The van der Waals surface area contributed by atoms with Crippen molar-refractivity contribution in [3.05, 3.63) is 36.2 Å². The summed E-state index contributed by atoms with van der Waals surface area (Å²) in [5.74, 6) is 5.16. The largest absolute Gasteiger partial charge is 0.419 e. The number of amides is 2. The number of halogens is 3. The molecular weight excluding hydrogens is 443 g/mol. The number of aromatic nitrogens is 4. The number of alkyl halides is 3. The van der Waals surface area contributed by atoms with Crippen LogP contribution in [0.25, 0.3) is 16.8 Å². The normalized spacial score (nSPS) is 12.1. The van der Waals surface area contributed by atoms with Gasteiger partial charge in [-0.05, 0) is 25.1 Å². The lowest BCUT2D eigenvalue weighted by atomic mass is 10.1. The Morgan fingerprint density at radius 2 is 2.06 bits per heavy atom. The summed E-state index contributed by atoms with van der Waals surface area (Å²) >= 11 is 0. The molecule has 8 N–H and O–H groups in total. The number of hydrogen-bond acceptors (Lipinski definition) is 8. The van der Waals surface area contributed by atoms with Gasteiger partial charge in [0.1, 0.15) is 11.7 Å². The van der Waals surface area contributed by atoms with Gasteiger partial charge in [0.05, 0.1) is 12.1 Å². The number of pyridine rings is 2. The Hall–Kier alpha value is -4.14. The number of nitrogen functional groups attached to an aromatic ring is 1. The molecule has 0 radical (unpaired) electrons. The molecule has 0 aliphatic rings. The molecule has 0 aliphatic carbocycles. The second kappa shape index (κ2) is 9.56. The minimum atomic E-state index is -4.63. The Morgan fingerprint density at radius 3 is 2.76 bits per heavy atom. The van der Waals surface area contributed by atoms with Crippen LogP contribution in [0.4, 0.5) is 29.7 Å². The van der Waals surface area contributed by atoms with E-state index < -0.39 is 23.6 Å². The number of hydrazone groups is 1. The fourth-order valence-electron chi connectivity index (χ4n) is 2.70. The van der Waals surface area contributed by atoms with Gasteiger partial charge in [0.15, 0.2) is 5.65 Å². The molecule has 3 aromatic heterocycles. The van der Waals surface area contributed by atoms with E-state index in [1.807, 2.05) is 0 Å². The maximum atomic E-state index is 13.1. The summed E-state index contributed by atoms with van der Waals surface area (Å²) in [5.41, 5.74) is 11.0. The number of urea groups is 1. The molecule has 176 valence electrons. The number of carbonyl (C=O) groups excluding carboxylic acids is 1. The molecule has 0 unspecified atom stereocenters. The van der Waals surface area contributed by atoms with Crippen LogP contribution < -0.4 is 27.9 Å². The van der Waals surface area contributed by atoms with E-state index in [1.165, 1.54) is 22.0 Å². The number of amidine groups is 1. The molecule has 0 atom stereocenters. The van der Waals surface area contributed by atoms with Crippen molar-refractivity contribution in [3.8, 4) is 11.1 Å². The summed E-state index contributed by atoms with van der Waals surface area (Å²) in [6.45, 7) is 2.48. The van der Waals surface area contributed by atoms with Gasteiger partial charge >= 0.3 is 12.2 Å². The summed E-state index contributed by atoms with van der Waals surface area (Å²) in [6.07, 6.45) is -1.67. The number of nitrogens with two attached hydrogens (primary N) is 3. The van der Waals surface area contributed by atoms with Crippen LogP contribution in [0.5, 0.6) is 0 Å². The fraction of sp³-hybridized carbons (Fsp3) is 0.278. The van der Waals surface area contributed by atoms with E-state index in [9.17, 15) is 18.0 Å². The second-order valence-electron chi connectivity index (χ2n) is 6.79. The molecule has 3 heterocycles. The van der Waals surface area contributed by atoms with E-state index >= 15 is 0 Å². The van der Waals surface area contributed by atoms with Gasteiger partial charge in [0.2, 0.25) is 0 Å². The fourth-order valence-corrected chi connectivity index (χ4v) is 2.70. The van der Waals surface area contributed by atoms with Crippen LogP contribution in [-0.2, 0) is 6.18 Å². The standard InChI is InChI=1S/C18H22F3N11O/c1-2-32(24)29-13(22)5-6-25-17(33)28-16-27-14-4-3-10(9-31(14)30-16)11-7-12(18(19,20)21)15(23)26-8-11/h3-4,7-9H,2,5-6,24H2,1H3,(H2,22,29)(H2,23,26)(H2,25,28,30,33). The van der Waals surface area contributed by atoms with E-state index in [2.05, 4.69) is 30.8 Å². The Bertz CT molecular complexity index is 1180. The molecule has 3 aromatic rings. The molecule has 0 saturated heterocycles. The highest BCUT2D eigenvalue weighted by Gasteiger charge is 2.34. The van der Waals surface area contributed by atoms with Gasteiger partial charge < -0.3 is 16.8 Å². The molecule has 15 heteroatoms. The third-order valence-corrected chi connectivity index (χ3v) is 4.36. The molecule has 12 nitrogen and oxygen atoms in total. The second-order valence-corrected chi connectivity index (χ2v) is 6.79. The molecule has 2 amide bonds. The Labute approximate surface area is 185 Å². The van der Waals surface area contributed by atoms with Crippen LogP contribution >= 0.6 is 0 Å². The van der Waals surface area contributed by atoms with Crippen LogP contribution in [0.1, 0.15) is 18.9 Å². The van der Waals surface area contributed by atoms with Gasteiger partial charge in [0.25, 0.3) is 5.95 Å². The maximum absolute atomic E-state index is 13.1. The van der Waals surface area contributed by atoms with Crippen LogP contribution in [0.2, 0.25) is 0 Å². The molecule has 3 rings (SSSR count). The maximum Gasteiger partial charge on any atom is 0.419 e. The van der Waals surface area contributed by atoms with Crippen molar-refractivity contribution in [1.29, 1.82) is 0 Å². The first kappa shape index (κ1) is 23.5. The molecular formula is C18H22F3N11O. The molecule has 0 aromatic carbocycles. The van der Waals surface area contributed by atoms with E-state index in [4.69, 9.17) is 17.3 Å². The average Bonchev–Trinajstić information content (AvgIpc) is 3.14. The number of anilines is 2. The summed E-state index contributed by atoms with van der Waals surface area (Å²) in [7, 11) is 0. The first-order valence-electron chi connectivity index (χ1n) is 9.66. The third-order valence-electron chi connectivity index (χ3n) is 4.36. The van der Waals surface area contributed by atoms with Gasteiger partial charge in [-0.25, -0.2) is 25.3 Å². The SMILES string of the molecule is CCN(N)/N=C(\N)CCNC(=O)Nc1nc2ccc(-c3cnc(N)c(C(F)(F)F)c3)cn2n1. The highest BCUT2D eigenvalue weighted by molar-refractivity contribution is 5.88. The van der Waals surface area contributed by atoms with Crippen molar-refractivity contribution in [1.82, 2.24) is 30.0 Å². The Balaban J connectivity index is 1.68. The number of hydrogen-bond donors (Lipinski definition) is 5. The number of rotatable bonds is 7. The van der Waals surface area contributed by atoms with Crippen LogP contribution in [-0.4, -0.2) is 49.7 Å². The minimum absolute atomic E-state index is 0.00295. The molecule has 0 bridgehead atoms. The van der Waals surface area contributed by atoms with Gasteiger partial charge in [-0.1, -0.05) is 0 Å². The van der Waals surface area contributed by atoms with Crippen molar-refractivity contribution >= 4 is 29.3 Å². The molecule has 0 spiro atoms. The number of nitrogens with zero attached hydrogens (tertiary/aromatic N) is 6. The first-order valence-corrected chi connectivity index (χ1v) is 9.66. The zero-order valence-electron chi connectivity index (χ0n) is 17.5. The van der Waals surface area contributed by atoms with E-state index in [0.29, 0.717) is 17.8 Å². The average molecular weight is 465 g/mol. The Morgan fingerprint density at radius 1 is 1.30 bits per heavy atom. The van der Waals surface area contributed by atoms with E-state index in [0.717, 1.165) is 6.07 Å². The lowest BCUT2D eigenvalue weighted by Gasteiger charge is -2.11. The first-order chi connectivity index (χ1) is 15.6. The Kier molecular flexibility index (Phi) is 6.81. The lowest BCUT2D eigenvalue weighted by molar-refractivity contribution is -0.137. The van der Waals surface area contributed by atoms with Gasteiger partial charge in [-0.15, -0.1) is 10.2 Å². The predicted octanol–water partition coefficient (Wildman–Crippen LogP) is 1.37.